The number of rotatable bonds is 2. The second-order valence-electron chi connectivity index (χ2n) is 4.47. The first-order valence-corrected chi connectivity index (χ1v) is 7.01. The first-order chi connectivity index (χ1) is 10.6. The van der Waals surface area contributed by atoms with Gasteiger partial charge in [-0.1, -0.05) is 44.4 Å². The minimum Gasteiger partial charge on any atom is -0.507 e. The molecule has 0 spiro atoms. The average molecular weight is 361 g/mol. The van der Waals surface area contributed by atoms with Crippen molar-refractivity contribution in [1.82, 2.24) is 5.16 Å². The van der Waals surface area contributed by atoms with Crippen LogP contribution in [0.15, 0.2) is 61.4 Å². The Hall–Kier alpha value is -2.67. The van der Waals surface area contributed by atoms with Crippen molar-refractivity contribution in [1.29, 1.82) is 0 Å². The lowest BCUT2D eigenvalue weighted by atomic mass is 10.0. The molecule has 0 aliphatic heterocycles. The van der Waals surface area contributed by atoms with E-state index in [1.807, 2.05) is 0 Å². The lowest BCUT2D eigenvalue weighted by Crippen LogP contribution is -2.12. The van der Waals surface area contributed by atoms with E-state index in [-0.39, 0.29) is 22.7 Å². The molecule has 0 bridgehead atoms. The number of benzene rings is 2. The van der Waals surface area contributed by atoms with Crippen molar-refractivity contribution >= 4 is 32.4 Å². The molecule has 0 atom stereocenters. The van der Waals surface area contributed by atoms with Gasteiger partial charge in [0.2, 0.25) is 0 Å². The molecule has 7 heteroatoms. The van der Waals surface area contributed by atoms with Crippen LogP contribution in [0.25, 0.3) is 10.8 Å². The number of nitrogens with zero attached hydrogens (tertiary/aromatic N) is 2. The van der Waals surface area contributed by atoms with Gasteiger partial charge in [0.05, 0.1) is 5.39 Å². The number of hydrogen-bond donors (Lipinski definition) is 2. The van der Waals surface area contributed by atoms with Crippen LogP contribution in [0.2, 0.25) is 0 Å². The Morgan fingerprint density at radius 3 is 2.64 bits per heavy atom. The molecule has 3 rings (SSSR count). The molecule has 0 fully saturated rings. The van der Waals surface area contributed by atoms with Gasteiger partial charge in [0.1, 0.15) is 17.2 Å². The minimum absolute atomic E-state index is 0.00116. The maximum Gasteiger partial charge on any atom is 0.366 e. The fourth-order valence-corrected chi connectivity index (χ4v) is 2.51. The van der Waals surface area contributed by atoms with E-state index in [9.17, 15) is 15.1 Å². The van der Waals surface area contributed by atoms with Crippen molar-refractivity contribution in [3.63, 3.8) is 0 Å². The summed E-state index contributed by atoms with van der Waals surface area (Å²) in [6.45, 7) is 0. The van der Waals surface area contributed by atoms with Gasteiger partial charge in [-0.3, -0.25) is 0 Å². The Labute approximate surface area is 132 Å². The summed E-state index contributed by atoms with van der Waals surface area (Å²) in [6, 6.07) is 11.3. The monoisotopic (exact) mass is 360 g/mol. The maximum atomic E-state index is 11.7. The predicted molar refractivity (Wildman–Crippen MR) is 83.5 cm³/mol. The topological polar surface area (TPSA) is 95.9 Å². The Morgan fingerprint density at radius 2 is 1.91 bits per heavy atom. The van der Waals surface area contributed by atoms with Crippen LogP contribution in [-0.2, 0) is 0 Å². The van der Waals surface area contributed by atoms with Crippen molar-refractivity contribution < 1.29 is 14.8 Å². The highest BCUT2D eigenvalue weighted by atomic mass is 79.9. The second-order valence-corrected chi connectivity index (χ2v) is 5.39. The van der Waals surface area contributed by atoms with E-state index in [4.69, 9.17) is 4.52 Å². The van der Waals surface area contributed by atoms with Gasteiger partial charge >= 0.3 is 5.63 Å². The van der Waals surface area contributed by atoms with E-state index in [0.29, 0.717) is 15.2 Å². The van der Waals surface area contributed by atoms with E-state index in [1.54, 1.807) is 36.4 Å². The molecule has 1 heterocycles. The number of oxime groups is 1. The van der Waals surface area contributed by atoms with Crippen molar-refractivity contribution in [2.45, 2.75) is 0 Å². The number of phenolic OH excluding ortho intramolecular Hbond substituents is 1. The van der Waals surface area contributed by atoms with Crippen molar-refractivity contribution in [2.75, 3.05) is 0 Å². The fraction of sp³-hybridized carbons (Fsp3) is 0. The third-order valence-electron chi connectivity index (χ3n) is 3.16. The largest absolute Gasteiger partial charge is 0.507 e. The molecule has 1 aromatic heterocycles. The van der Waals surface area contributed by atoms with E-state index in [1.165, 1.54) is 6.07 Å². The highest BCUT2D eigenvalue weighted by Gasteiger charge is 2.19. The molecule has 0 unspecified atom stereocenters. The Bertz CT molecular complexity index is 950. The number of hydrogen-bond acceptors (Lipinski definition) is 6. The third-order valence-corrected chi connectivity index (χ3v) is 3.65. The summed E-state index contributed by atoms with van der Waals surface area (Å²) >= 11 is 3.29. The van der Waals surface area contributed by atoms with Crippen LogP contribution in [0.4, 0.5) is 0 Å². The second kappa shape index (κ2) is 5.61. The SMILES string of the molecule is O=c1onc(/C(=N\O)c2cc(Br)ccc2O)c2ccccc12. The van der Waals surface area contributed by atoms with Crippen molar-refractivity contribution in [3.8, 4) is 5.75 Å². The number of halogens is 1. The van der Waals surface area contributed by atoms with Gasteiger partial charge in [-0.2, -0.15) is 0 Å². The van der Waals surface area contributed by atoms with Crippen LogP contribution in [0.3, 0.4) is 0 Å². The van der Waals surface area contributed by atoms with Crippen LogP contribution >= 0.6 is 15.9 Å². The molecular weight excluding hydrogens is 352 g/mol. The molecule has 0 radical (unpaired) electrons. The Morgan fingerprint density at radius 1 is 1.18 bits per heavy atom. The minimum atomic E-state index is -0.588. The van der Waals surface area contributed by atoms with Crippen LogP contribution in [0.1, 0.15) is 11.3 Å². The Balaban J connectivity index is 2.32. The normalized spacial score (nSPS) is 11.8. The zero-order valence-corrected chi connectivity index (χ0v) is 12.6. The van der Waals surface area contributed by atoms with E-state index >= 15 is 0 Å². The highest BCUT2D eigenvalue weighted by molar-refractivity contribution is 9.10. The lowest BCUT2D eigenvalue weighted by molar-refractivity contribution is 0.317. The van der Waals surface area contributed by atoms with Gasteiger partial charge in [-0.15, -0.1) is 0 Å². The highest BCUT2D eigenvalue weighted by Crippen LogP contribution is 2.26. The van der Waals surface area contributed by atoms with Gasteiger partial charge in [-0.25, -0.2) is 4.79 Å². The van der Waals surface area contributed by atoms with Gasteiger partial charge in [-0.05, 0) is 24.3 Å². The summed E-state index contributed by atoms with van der Waals surface area (Å²) in [4.78, 5) is 11.7. The Kier molecular flexibility index (Phi) is 3.64. The molecule has 0 amide bonds. The third kappa shape index (κ3) is 2.35. The molecule has 0 saturated heterocycles. The van der Waals surface area contributed by atoms with Gasteiger partial charge < -0.3 is 14.8 Å². The predicted octanol–water partition coefficient (Wildman–Crippen LogP) is 2.88. The zero-order valence-electron chi connectivity index (χ0n) is 11.0. The summed E-state index contributed by atoms with van der Waals surface area (Å²) in [5, 5.41) is 27.1. The molecular formula is C15H9BrN2O4. The first-order valence-electron chi connectivity index (χ1n) is 6.22. The summed E-state index contributed by atoms with van der Waals surface area (Å²) in [7, 11) is 0. The van der Waals surface area contributed by atoms with Crippen molar-refractivity contribution in [3.05, 3.63) is 68.6 Å². The molecule has 22 heavy (non-hydrogen) atoms. The van der Waals surface area contributed by atoms with Crippen molar-refractivity contribution in [2.24, 2.45) is 5.16 Å². The summed E-state index contributed by atoms with van der Waals surface area (Å²) in [6.07, 6.45) is 0. The summed E-state index contributed by atoms with van der Waals surface area (Å²) in [5.74, 6) is -0.0897. The molecule has 6 nitrogen and oxygen atoms in total. The van der Waals surface area contributed by atoms with E-state index in [2.05, 4.69) is 26.2 Å². The fourth-order valence-electron chi connectivity index (χ4n) is 2.15. The first kappa shape index (κ1) is 14.3. The maximum absolute atomic E-state index is 11.7. The average Bonchev–Trinajstić information content (AvgIpc) is 2.53. The smallest absolute Gasteiger partial charge is 0.366 e. The number of fused-ring (bicyclic) bond motifs is 1. The molecule has 110 valence electrons. The van der Waals surface area contributed by atoms with Gasteiger partial charge in [0.15, 0.2) is 0 Å². The quantitative estimate of drug-likeness (QED) is 0.416. The standard InChI is InChI=1S/C15H9BrN2O4/c16-8-5-6-12(19)11(7-8)13(17-21)14-9-3-1-2-4-10(9)15(20)22-18-14/h1-7,19,21H/b17-13-. The molecule has 0 aliphatic rings. The summed E-state index contributed by atoms with van der Waals surface area (Å²) < 4.78 is 5.44. The molecule has 0 saturated carbocycles. The van der Waals surface area contributed by atoms with Gasteiger partial charge in [0.25, 0.3) is 0 Å². The molecule has 2 N–H and O–H groups in total. The van der Waals surface area contributed by atoms with Crippen LogP contribution in [0.5, 0.6) is 5.75 Å². The van der Waals surface area contributed by atoms with E-state index < -0.39 is 5.63 Å². The van der Waals surface area contributed by atoms with E-state index in [0.717, 1.165) is 0 Å². The molecule has 3 aromatic rings. The number of aromatic hydroxyl groups is 1. The van der Waals surface area contributed by atoms with Gasteiger partial charge in [0, 0.05) is 15.4 Å². The number of aromatic nitrogens is 1. The van der Waals surface area contributed by atoms with Crippen LogP contribution in [-0.4, -0.2) is 21.2 Å². The lowest BCUT2D eigenvalue weighted by Gasteiger charge is -2.08. The number of phenols is 1. The molecule has 2 aromatic carbocycles. The van der Waals surface area contributed by atoms with Crippen LogP contribution in [0, 0.1) is 0 Å². The zero-order chi connectivity index (χ0) is 15.7. The summed E-state index contributed by atoms with van der Waals surface area (Å²) in [5.41, 5.74) is -0.177. The van der Waals surface area contributed by atoms with Crippen LogP contribution < -0.4 is 5.63 Å². The molecule has 0 aliphatic carbocycles.